The predicted octanol–water partition coefficient (Wildman–Crippen LogP) is 4.40. The maximum absolute atomic E-state index is 12.8. The van der Waals surface area contributed by atoms with Crippen LogP contribution in [0, 0.1) is 0 Å². The molecule has 0 saturated carbocycles. The summed E-state index contributed by atoms with van der Waals surface area (Å²) < 4.78 is 46.2. The van der Waals surface area contributed by atoms with Gasteiger partial charge in [-0.2, -0.15) is 18.3 Å². The summed E-state index contributed by atoms with van der Waals surface area (Å²) in [5.74, 6) is 0.200. The van der Waals surface area contributed by atoms with E-state index < -0.39 is 11.7 Å². The third kappa shape index (κ3) is 3.00. The lowest BCUT2D eigenvalue weighted by Gasteiger charge is -2.06. The zero-order valence-electron chi connectivity index (χ0n) is 11.8. The molecule has 0 unspecified atom stereocenters. The molecule has 0 radical (unpaired) electrons. The van der Waals surface area contributed by atoms with Gasteiger partial charge in [0.15, 0.2) is 0 Å². The van der Waals surface area contributed by atoms with Crippen LogP contribution in [0.3, 0.4) is 0 Å². The maximum Gasteiger partial charge on any atom is 0.416 e. The minimum atomic E-state index is -4.43. The van der Waals surface area contributed by atoms with Crippen molar-refractivity contribution < 1.29 is 17.6 Å². The van der Waals surface area contributed by atoms with Crippen LogP contribution >= 0.6 is 15.9 Å². The van der Waals surface area contributed by atoms with Crippen molar-refractivity contribution in [3.63, 3.8) is 0 Å². The normalized spacial score (nSPS) is 11.9. The Hall–Kier alpha value is -2.16. The van der Waals surface area contributed by atoms with E-state index in [0.717, 1.165) is 12.1 Å². The highest BCUT2D eigenvalue weighted by molar-refractivity contribution is 9.10. The van der Waals surface area contributed by atoms with Crippen molar-refractivity contribution in [1.82, 2.24) is 20.0 Å². The van der Waals surface area contributed by atoms with E-state index in [1.54, 1.807) is 10.9 Å². The fourth-order valence-corrected chi connectivity index (χ4v) is 2.54. The molecule has 1 aromatic carbocycles. The molecule has 2 aromatic heterocycles. The molecule has 0 fully saturated rings. The summed E-state index contributed by atoms with van der Waals surface area (Å²) in [6.45, 7) is 2.48. The van der Waals surface area contributed by atoms with Gasteiger partial charge in [-0.1, -0.05) is 6.07 Å². The van der Waals surface area contributed by atoms with Crippen LogP contribution in [0.5, 0.6) is 0 Å². The summed E-state index contributed by atoms with van der Waals surface area (Å²) in [7, 11) is 0. The molecule has 0 atom stereocenters. The standard InChI is InChI=1S/C14H10BrF3N4O/c1-2-22-11(10(15)7-19-22)13-21-20-12(23-13)8-4-3-5-9(6-8)14(16,17)18/h3-7H,2H2,1H3. The molecule has 0 aliphatic heterocycles. The highest BCUT2D eigenvalue weighted by Gasteiger charge is 2.31. The van der Waals surface area contributed by atoms with Crippen LogP contribution in [0.25, 0.3) is 23.0 Å². The summed E-state index contributed by atoms with van der Waals surface area (Å²) in [5, 5.41) is 11.9. The molecule has 3 rings (SSSR count). The minimum Gasteiger partial charge on any atom is -0.415 e. The Morgan fingerprint density at radius 3 is 2.65 bits per heavy atom. The second-order valence-electron chi connectivity index (χ2n) is 4.65. The Bertz CT molecular complexity index is 841. The number of halogens is 4. The molecule has 3 aromatic rings. The van der Waals surface area contributed by atoms with Crippen LogP contribution in [-0.2, 0) is 12.7 Å². The summed E-state index contributed by atoms with van der Waals surface area (Å²) in [4.78, 5) is 0. The highest BCUT2D eigenvalue weighted by atomic mass is 79.9. The summed E-state index contributed by atoms with van der Waals surface area (Å²) in [5.41, 5.74) is 0.0185. The Labute approximate surface area is 137 Å². The summed E-state index contributed by atoms with van der Waals surface area (Å²) in [6.07, 6.45) is -2.84. The molecule has 5 nitrogen and oxygen atoms in total. The van der Waals surface area contributed by atoms with Crippen molar-refractivity contribution in [1.29, 1.82) is 0 Å². The Morgan fingerprint density at radius 2 is 1.96 bits per heavy atom. The molecule has 9 heteroatoms. The molecular formula is C14H10BrF3N4O. The van der Waals surface area contributed by atoms with Gasteiger partial charge in [-0.15, -0.1) is 10.2 Å². The fraction of sp³-hybridized carbons (Fsp3) is 0.214. The molecule has 23 heavy (non-hydrogen) atoms. The van der Waals surface area contributed by atoms with Gasteiger partial charge in [-0.05, 0) is 41.1 Å². The summed E-state index contributed by atoms with van der Waals surface area (Å²) in [6, 6.07) is 4.75. The van der Waals surface area contributed by atoms with Gasteiger partial charge in [0, 0.05) is 12.1 Å². The van der Waals surface area contributed by atoms with E-state index in [1.807, 2.05) is 6.92 Å². The number of nitrogens with zero attached hydrogens (tertiary/aromatic N) is 4. The van der Waals surface area contributed by atoms with Gasteiger partial charge < -0.3 is 4.42 Å². The van der Waals surface area contributed by atoms with E-state index in [4.69, 9.17) is 4.42 Å². The molecule has 0 N–H and O–H groups in total. The van der Waals surface area contributed by atoms with E-state index in [9.17, 15) is 13.2 Å². The smallest absolute Gasteiger partial charge is 0.415 e. The zero-order valence-corrected chi connectivity index (χ0v) is 13.4. The average molecular weight is 387 g/mol. The lowest BCUT2D eigenvalue weighted by atomic mass is 10.1. The maximum atomic E-state index is 12.8. The molecule has 120 valence electrons. The molecule has 0 saturated heterocycles. The first kappa shape index (κ1) is 15.7. The second-order valence-corrected chi connectivity index (χ2v) is 5.50. The van der Waals surface area contributed by atoms with Crippen LogP contribution in [0.2, 0.25) is 0 Å². The summed E-state index contributed by atoms with van der Waals surface area (Å²) >= 11 is 3.34. The largest absolute Gasteiger partial charge is 0.416 e. The number of benzene rings is 1. The first-order valence-electron chi connectivity index (χ1n) is 6.63. The van der Waals surface area contributed by atoms with Crippen LogP contribution in [0.1, 0.15) is 12.5 Å². The van der Waals surface area contributed by atoms with E-state index in [2.05, 4.69) is 31.2 Å². The quantitative estimate of drug-likeness (QED) is 0.669. The Morgan fingerprint density at radius 1 is 1.22 bits per heavy atom. The van der Waals surface area contributed by atoms with Crippen molar-refractivity contribution in [2.45, 2.75) is 19.6 Å². The zero-order chi connectivity index (χ0) is 16.6. The number of aryl methyl sites for hydroxylation is 1. The minimum absolute atomic E-state index is 0.0156. The number of rotatable bonds is 3. The molecule has 0 bridgehead atoms. The van der Waals surface area contributed by atoms with Crippen molar-refractivity contribution in [3.8, 4) is 23.0 Å². The monoisotopic (exact) mass is 386 g/mol. The van der Waals surface area contributed by atoms with E-state index in [-0.39, 0.29) is 17.3 Å². The predicted molar refractivity (Wildman–Crippen MR) is 79.3 cm³/mol. The first-order chi connectivity index (χ1) is 10.9. The second kappa shape index (κ2) is 5.80. The Kier molecular flexibility index (Phi) is 3.97. The number of hydrogen-bond acceptors (Lipinski definition) is 4. The fourth-order valence-electron chi connectivity index (χ4n) is 2.08. The van der Waals surface area contributed by atoms with Gasteiger partial charge in [0.05, 0.1) is 16.2 Å². The van der Waals surface area contributed by atoms with Gasteiger partial charge in [-0.25, -0.2) is 0 Å². The van der Waals surface area contributed by atoms with Gasteiger partial charge in [0.1, 0.15) is 5.69 Å². The Balaban J connectivity index is 2.01. The molecule has 0 spiro atoms. The number of hydrogen-bond donors (Lipinski definition) is 0. The van der Waals surface area contributed by atoms with Gasteiger partial charge in [0.25, 0.3) is 5.89 Å². The van der Waals surface area contributed by atoms with Crippen LogP contribution < -0.4 is 0 Å². The average Bonchev–Trinajstić information content (AvgIpc) is 3.12. The highest BCUT2D eigenvalue weighted by Crippen LogP contribution is 2.33. The molecular weight excluding hydrogens is 377 g/mol. The van der Waals surface area contributed by atoms with Gasteiger partial charge in [0.2, 0.25) is 5.89 Å². The molecule has 0 aliphatic rings. The lowest BCUT2D eigenvalue weighted by molar-refractivity contribution is -0.137. The van der Waals surface area contributed by atoms with Crippen molar-refractivity contribution in [2.24, 2.45) is 0 Å². The van der Waals surface area contributed by atoms with Crippen LogP contribution in [0.15, 0.2) is 39.4 Å². The van der Waals surface area contributed by atoms with E-state index >= 15 is 0 Å². The number of alkyl halides is 3. The number of aromatic nitrogens is 4. The third-order valence-electron chi connectivity index (χ3n) is 3.16. The van der Waals surface area contributed by atoms with Gasteiger partial charge >= 0.3 is 6.18 Å². The first-order valence-corrected chi connectivity index (χ1v) is 7.42. The lowest BCUT2D eigenvalue weighted by Crippen LogP contribution is -2.04. The van der Waals surface area contributed by atoms with Crippen molar-refractivity contribution >= 4 is 15.9 Å². The molecule has 2 heterocycles. The van der Waals surface area contributed by atoms with Crippen LogP contribution in [-0.4, -0.2) is 20.0 Å². The molecule has 0 aliphatic carbocycles. The SMILES string of the molecule is CCn1ncc(Br)c1-c1nnc(-c2cccc(C(F)(F)F)c2)o1. The van der Waals surface area contributed by atoms with Crippen LogP contribution in [0.4, 0.5) is 13.2 Å². The topological polar surface area (TPSA) is 56.7 Å². The molecule has 0 amide bonds. The van der Waals surface area contributed by atoms with Gasteiger partial charge in [-0.3, -0.25) is 4.68 Å². The van der Waals surface area contributed by atoms with Crippen molar-refractivity contribution in [3.05, 3.63) is 40.5 Å². The third-order valence-corrected chi connectivity index (χ3v) is 3.74. The van der Waals surface area contributed by atoms with Crippen molar-refractivity contribution in [2.75, 3.05) is 0 Å². The van der Waals surface area contributed by atoms with E-state index in [0.29, 0.717) is 16.7 Å². The van der Waals surface area contributed by atoms with E-state index in [1.165, 1.54) is 12.1 Å².